The average molecular weight is 347 g/mol. The summed E-state index contributed by atoms with van der Waals surface area (Å²) in [4.78, 5) is 19.9. The minimum Gasteiger partial charge on any atom is -0.347 e. The van der Waals surface area contributed by atoms with Crippen LogP contribution in [0.3, 0.4) is 0 Å². The van der Waals surface area contributed by atoms with Gasteiger partial charge in [0.2, 0.25) is 0 Å². The molecule has 0 radical (unpaired) electrons. The molecule has 1 N–H and O–H groups in total. The first-order valence-electron chi connectivity index (χ1n) is 8.34. The number of benzene rings is 1. The molecule has 1 aromatic carbocycles. The van der Waals surface area contributed by atoms with Gasteiger partial charge in [0.25, 0.3) is 5.91 Å². The Morgan fingerprint density at radius 2 is 2.08 bits per heavy atom. The highest BCUT2D eigenvalue weighted by Crippen LogP contribution is 2.20. The Bertz CT molecular complexity index is 710. The van der Waals surface area contributed by atoms with Crippen LogP contribution in [0, 0.1) is 12.7 Å². The lowest BCUT2D eigenvalue weighted by atomic mass is 10.2. The maximum atomic E-state index is 13.6. The minimum absolute atomic E-state index is 0.180. The van der Waals surface area contributed by atoms with E-state index < -0.39 is 0 Å². The molecule has 2 heterocycles. The summed E-state index contributed by atoms with van der Waals surface area (Å²) in [7, 11) is 0. The summed E-state index contributed by atoms with van der Waals surface area (Å²) < 4.78 is 13.6. The zero-order valence-corrected chi connectivity index (χ0v) is 14.7. The summed E-state index contributed by atoms with van der Waals surface area (Å²) in [6.45, 7) is 5.38. The van der Waals surface area contributed by atoms with E-state index >= 15 is 0 Å². The lowest BCUT2D eigenvalue weighted by molar-refractivity contribution is 0.0954. The molecule has 24 heavy (non-hydrogen) atoms. The van der Waals surface area contributed by atoms with Crippen LogP contribution in [0.15, 0.2) is 24.3 Å². The van der Waals surface area contributed by atoms with E-state index in [-0.39, 0.29) is 18.3 Å². The molecule has 0 atom stereocenters. The molecule has 3 rings (SSSR count). The average Bonchev–Trinajstić information content (AvgIpc) is 3.21. The highest BCUT2D eigenvalue weighted by Gasteiger charge is 2.17. The fourth-order valence-corrected chi connectivity index (χ4v) is 3.90. The van der Waals surface area contributed by atoms with Crippen molar-refractivity contribution in [3.05, 3.63) is 51.2 Å². The molecular formula is C18H22FN3OS. The molecule has 0 spiro atoms. The molecule has 1 amide bonds. The molecule has 0 unspecified atom stereocenters. The lowest BCUT2D eigenvalue weighted by Gasteiger charge is -2.12. The molecule has 1 saturated heterocycles. The fourth-order valence-electron chi connectivity index (χ4n) is 2.93. The third-order valence-corrected chi connectivity index (χ3v) is 5.50. The van der Waals surface area contributed by atoms with Crippen LogP contribution in [-0.2, 0) is 13.0 Å². The van der Waals surface area contributed by atoms with Crippen LogP contribution >= 0.6 is 11.3 Å². The van der Waals surface area contributed by atoms with E-state index in [0.717, 1.165) is 23.7 Å². The second-order valence-corrected chi connectivity index (χ2v) is 7.18. The largest absolute Gasteiger partial charge is 0.347 e. The van der Waals surface area contributed by atoms with Crippen LogP contribution < -0.4 is 5.32 Å². The second-order valence-electron chi connectivity index (χ2n) is 6.09. The topological polar surface area (TPSA) is 45.2 Å². The van der Waals surface area contributed by atoms with Crippen molar-refractivity contribution in [1.29, 1.82) is 0 Å². The number of nitrogens with zero attached hydrogens (tertiary/aromatic N) is 2. The van der Waals surface area contributed by atoms with Gasteiger partial charge in [-0.2, -0.15) is 0 Å². The Labute approximate surface area is 145 Å². The third kappa shape index (κ3) is 4.19. The first kappa shape index (κ1) is 17.0. The summed E-state index contributed by atoms with van der Waals surface area (Å²) >= 11 is 1.45. The zero-order valence-electron chi connectivity index (χ0n) is 13.8. The number of aryl methyl sites for hydroxylation is 1. The van der Waals surface area contributed by atoms with Gasteiger partial charge in [0, 0.05) is 25.1 Å². The van der Waals surface area contributed by atoms with Gasteiger partial charge in [0.05, 0.1) is 10.7 Å². The van der Waals surface area contributed by atoms with Crippen molar-refractivity contribution in [2.45, 2.75) is 32.7 Å². The number of hydrogen-bond donors (Lipinski definition) is 1. The Morgan fingerprint density at radius 1 is 1.33 bits per heavy atom. The molecule has 1 aromatic heterocycles. The molecule has 0 saturated carbocycles. The standard InChI is InChI=1S/C18H22FN3OS/c1-13-17(18(23)20-12-14-6-2-3-7-15(14)19)24-16(21-13)8-11-22-9-4-5-10-22/h2-3,6-7H,4-5,8-12H2,1H3,(H,20,23). The summed E-state index contributed by atoms with van der Waals surface area (Å²) in [5, 5.41) is 3.78. The second kappa shape index (κ2) is 7.85. The summed E-state index contributed by atoms with van der Waals surface area (Å²) in [5.41, 5.74) is 1.24. The molecule has 0 bridgehead atoms. The Balaban J connectivity index is 1.57. The number of carbonyl (C=O) groups excluding carboxylic acids is 1. The number of aromatic nitrogens is 1. The number of likely N-dealkylation sites (tertiary alicyclic amines) is 1. The van der Waals surface area contributed by atoms with Gasteiger partial charge < -0.3 is 10.2 Å². The van der Waals surface area contributed by atoms with Gasteiger partial charge in [-0.1, -0.05) is 18.2 Å². The normalized spacial score (nSPS) is 14.9. The van der Waals surface area contributed by atoms with Gasteiger partial charge in [-0.05, 0) is 38.9 Å². The molecule has 2 aromatic rings. The molecular weight excluding hydrogens is 325 g/mol. The van der Waals surface area contributed by atoms with Gasteiger partial charge in [0.1, 0.15) is 10.7 Å². The van der Waals surface area contributed by atoms with Gasteiger partial charge in [0.15, 0.2) is 0 Å². The van der Waals surface area contributed by atoms with E-state index in [9.17, 15) is 9.18 Å². The van der Waals surface area contributed by atoms with E-state index in [1.807, 2.05) is 6.92 Å². The maximum absolute atomic E-state index is 13.6. The Kier molecular flexibility index (Phi) is 5.58. The van der Waals surface area contributed by atoms with Gasteiger partial charge in [-0.25, -0.2) is 9.37 Å². The van der Waals surface area contributed by atoms with E-state index in [2.05, 4.69) is 15.2 Å². The lowest BCUT2D eigenvalue weighted by Crippen LogP contribution is -2.23. The van der Waals surface area contributed by atoms with Crippen molar-refractivity contribution in [1.82, 2.24) is 15.2 Å². The van der Waals surface area contributed by atoms with E-state index in [4.69, 9.17) is 0 Å². The minimum atomic E-state index is -0.301. The zero-order chi connectivity index (χ0) is 16.9. The van der Waals surface area contributed by atoms with Crippen molar-refractivity contribution in [2.24, 2.45) is 0 Å². The molecule has 6 heteroatoms. The smallest absolute Gasteiger partial charge is 0.263 e. The van der Waals surface area contributed by atoms with Crippen molar-refractivity contribution < 1.29 is 9.18 Å². The third-order valence-electron chi connectivity index (χ3n) is 4.28. The predicted octanol–water partition coefficient (Wildman–Crippen LogP) is 3.16. The number of nitrogens with one attached hydrogen (secondary N) is 1. The number of rotatable bonds is 6. The predicted molar refractivity (Wildman–Crippen MR) is 93.8 cm³/mol. The van der Waals surface area contributed by atoms with Gasteiger partial charge >= 0.3 is 0 Å². The van der Waals surface area contributed by atoms with Crippen LogP contribution in [0.4, 0.5) is 4.39 Å². The Morgan fingerprint density at radius 3 is 2.83 bits per heavy atom. The molecule has 1 aliphatic heterocycles. The van der Waals surface area contributed by atoms with Crippen LogP contribution in [0.25, 0.3) is 0 Å². The quantitative estimate of drug-likeness (QED) is 0.873. The van der Waals surface area contributed by atoms with Crippen LogP contribution in [0.5, 0.6) is 0 Å². The first-order valence-corrected chi connectivity index (χ1v) is 9.15. The summed E-state index contributed by atoms with van der Waals surface area (Å²) in [6.07, 6.45) is 3.44. The van der Waals surface area contributed by atoms with E-state index in [0.29, 0.717) is 10.4 Å². The van der Waals surface area contributed by atoms with E-state index in [1.54, 1.807) is 18.2 Å². The van der Waals surface area contributed by atoms with Gasteiger partial charge in [-0.15, -0.1) is 11.3 Å². The SMILES string of the molecule is Cc1nc(CCN2CCCC2)sc1C(=O)NCc1ccccc1F. The monoisotopic (exact) mass is 347 g/mol. The number of amides is 1. The van der Waals surface area contributed by atoms with Crippen LogP contribution in [0.2, 0.25) is 0 Å². The van der Waals surface area contributed by atoms with Crippen molar-refractivity contribution in [3.8, 4) is 0 Å². The van der Waals surface area contributed by atoms with E-state index in [1.165, 1.54) is 43.3 Å². The highest BCUT2D eigenvalue weighted by atomic mass is 32.1. The number of carbonyl (C=O) groups is 1. The van der Waals surface area contributed by atoms with Crippen molar-refractivity contribution >= 4 is 17.2 Å². The van der Waals surface area contributed by atoms with Crippen molar-refractivity contribution in [3.63, 3.8) is 0 Å². The van der Waals surface area contributed by atoms with Crippen LogP contribution in [0.1, 0.15) is 38.8 Å². The molecule has 1 aliphatic rings. The van der Waals surface area contributed by atoms with Crippen molar-refractivity contribution in [2.75, 3.05) is 19.6 Å². The Hall–Kier alpha value is -1.79. The highest BCUT2D eigenvalue weighted by molar-refractivity contribution is 7.13. The number of halogens is 1. The molecule has 1 fully saturated rings. The van der Waals surface area contributed by atoms with Gasteiger partial charge in [-0.3, -0.25) is 4.79 Å². The summed E-state index contributed by atoms with van der Waals surface area (Å²) in [6, 6.07) is 6.48. The maximum Gasteiger partial charge on any atom is 0.263 e. The molecule has 128 valence electrons. The fraction of sp³-hybridized carbons (Fsp3) is 0.444. The number of thiazole rings is 1. The molecule has 0 aliphatic carbocycles. The van der Waals surface area contributed by atoms with Crippen LogP contribution in [-0.4, -0.2) is 35.4 Å². The number of hydrogen-bond acceptors (Lipinski definition) is 4. The molecule has 4 nitrogen and oxygen atoms in total. The summed E-state index contributed by atoms with van der Waals surface area (Å²) in [5.74, 6) is -0.481. The first-order chi connectivity index (χ1) is 11.6.